The Labute approximate surface area is 81.9 Å². The van der Waals surface area contributed by atoms with E-state index in [-0.39, 0.29) is 11.2 Å². The minimum atomic E-state index is -0.426. The van der Waals surface area contributed by atoms with Gasteiger partial charge in [0.15, 0.2) is 0 Å². The highest BCUT2D eigenvalue weighted by molar-refractivity contribution is 5.32. The first-order chi connectivity index (χ1) is 6.46. The number of nitrogens with zero attached hydrogens (tertiary/aromatic N) is 2. The summed E-state index contributed by atoms with van der Waals surface area (Å²) in [6.07, 6.45) is 1.78. The number of hydrogen-bond acceptors (Lipinski definition) is 4. The molecule has 0 spiro atoms. The van der Waals surface area contributed by atoms with Crippen LogP contribution in [0.4, 0.5) is 5.69 Å². The zero-order chi connectivity index (χ0) is 10.8. The number of aromatic nitrogens is 2. The van der Waals surface area contributed by atoms with E-state index >= 15 is 0 Å². The van der Waals surface area contributed by atoms with Gasteiger partial charge in [0.1, 0.15) is 11.9 Å². The topological polar surface area (TPSA) is 83.8 Å². The standard InChI is InChI=1S/C8H14N4O2/c1-8(2,9-3)4-6-7(12(13)14)5-10-11-6/h5,9H,4H2,1-3H3,(H,10,11). The molecular weight excluding hydrogens is 184 g/mol. The highest BCUT2D eigenvalue weighted by Gasteiger charge is 2.23. The molecule has 0 aliphatic carbocycles. The molecule has 1 heterocycles. The molecule has 0 fully saturated rings. The van der Waals surface area contributed by atoms with E-state index in [2.05, 4.69) is 15.5 Å². The van der Waals surface area contributed by atoms with E-state index in [1.165, 1.54) is 6.20 Å². The molecule has 0 aliphatic rings. The molecule has 0 atom stereocenters. The Balaban J connectivity index is 2.86. The SMILES string of the molecule is CNC(C)(C)Cc1[nH]ncc1[N+](=O)[O-]. The van der Waals surface area contributed by atoms with Gasteiger partial charge in [0.2, 0.25) is 0 Å². The number of aromatic amines is 1. The number of nitrogens with one attached hydrogen (secondary N) is 2. The molecule has 0 amide bonds. The summed E-state index contributed by atoms with van der Waals surface area (Å²) in [5, 5.41) is 20.0. The number of likely N-dealkylation sites (N-methyl/N-ethyl adjacent to an activating group) is 1. The van der Waals surface area contributed by atoms with Crippen molar-refractivity contribution in [2.24, 2.45) is 0 Å². The van der Waals surface area contributed by atoms with Crippen molar-refractivity contribution in [2.75, 3.05) is 7.05 Å². The largest absolute Gasteiger partial charge is 0.314 e. The molecule has 14 heavy (non-hydrogen) atoms. The molecule has 2 N–H and O–H groups in total. The van der Waals surface area contributed by atoms with Crippen LogP contribution in [0.1, 0.15) is 19.5 Å². The molecule has 0 radical (unpaired) electrons. The first-order valence-electron chi connectivity index (χ1n) is 4.32. The van der Waals surface area contributed by atoms with E-state index in [4.69, 9.17) is 0 Å². The van der Waals surface area contributed by atoms with Crippen molar-refractivity contribution in [3.63, 3.8) is 0 Å². The summed E-state index contributed by atoms with van der Waals surface area (Å²) in [7, 11) is 1.82. The maximum Gasteiger partial charge on any atom is 0.309 e. The fourth-order valence-electron chi connectivity index (χ4n) is 1.12. The van der Waals surface area contributed by atoms with Crippen LogP contribution in [-0.4, -0.2) is 27.7 Å². The Bertz CT molecular complexity index is 332. The van der Waals surface area contributed by atoms with Crippen LogP contribution in [0.15, 0.2) is 6.20 Å². The zero-order valence-corrected chi connectivity index (χ0v) is 8.50. The third kappa shape index (κ3) is 2.29. The molecule has 0 saturated heterocycles. The maximum absolute atomic E-state index is 10.6. The second kappa shape index (κ2) is 3.75. The highest BCUT2D eigenvalue weighted by atomic mass is 16.6. The van der Waals surface area contributed by atoms with Crippen LogP contribution in [0.25, 0.3) is 0 Å². The molecular formula is C8H14N4O2. The van der Waals surface area contributed by atoms with Gasteiger partial charge in [-0.25, -0.2) is 0 Å². The van der Waals surface area contributed by atoms with Crippen molar-refractivity contribution < 1.29 is 4.92 Å². The van der Waals surface area contributed by atoms with Crippen LogP contribution < -0.4 is 5.32 Å². The molecule has 0 bridgehead atoms. The number of nitro groups is 1. The predicted molar refractivity (Wildman–Crippen MR) is 52.1 cm³/mol. The van der Waals surface area contributed by atoms with E-state index in [1.54, 1.807) is 0 Å². The smallest absolute Gasteiger partial charge is 0.309 e. The molecule has 1 aromatic rings. The Morgan fingerprint density at radius 1 is 1.71 bits per heavy atom. The van der Waals surface area contributed by atoms with Gasteiger partial charge in [0.25, 0.3) is 0 Å². The van der Waals surface area contributed by atoms with Crippen LogP contribution in [0.3, 0.4) is 0 Å². The van der Waals surface area contributed by atoms with Gasteiger partial charge in [-0.05, 0) is 20.9 Å². The molecule has 0 saturated carbocycles. The summed E-state index contributed by atoms with van der Waals surface area (Å²) in [4.78, 5) is 10.2. The van der Waals surface area contributed by atoms with Gasteiger partial charge < -0.3 is 5.32 Å². The van der Waals surface area contributed by atoms with Gasteiger partial charge in [-0.3, -0.25) is 15.2 Å². The summed E-state index contributed by atoms with van der Waals surface area (Å²) in [5.41, 5.74) is 0.416. The van der Waals surface area contributed by atoms with Crippen LogP contribution >= 0.6 is 0 Å². The monoisotopic (exact) mass is 198 g/mol. The maximum atomic E-state index is 10.6. The average Bonchev–Trinajstić information content (AvgIpc) is 2.51. The van der Waals surface area contributed by atoms with E-state index in [9.17, 15) is 10.1 Å². The summed E-state index contributed by atoms with van der Waals surface area (Å²) in [5.74, 6) is 0. The quantitative estimate of drug-likeness (QED) is 0.555. The second-order valence-electron chi connectivity index (χ2n) is 3.80. The van der Waals surface area contributed by atoms with Crippen molar-refractivity contribution in [1.29, 1.82) is 0 Å². The zero-order valence-electron chi connectivity index (χ0n) is 8.50. The van der Waals surface area contributed by atoms with Crippen LogP contribution in [-0.2, 0) is 6.42 Å². The molecule has 1 aromatic heterocycles. The molecule has 0 aromatic carbocycles. The predicted octanol–water partition coefficient (Wildman–Crippen LogP) is 0.858. The lowest BCUT2D eigenvalue weighted by atomic mass is 9.98. The second-order valence-corrected chi connectivity index (χ2v) is 3.80. The molecule has 78 valence electrons. The lowest BCUT2D eigenvalue weighted by Gasteiger charge is -2.22. The van der Waals surface area contributed by atoms with Crippen LogP contribution in [0, 0.1) is 10.1 Å². The lowest BCUT2D eigenvalue weighted by molar-refractivity contribution is -0.385. The molecule has 6 nitrogen and oxygen atoms in total. The fourth-order valence-corrected chi connectivity index (χ4v) is 1.12. The summed E-state index contributed by atoms with van der Waals surface area (Å²) in [6.45, 7) is 3.94. The van der Waals surface area contributed by atoms with Crippen molar-refractivity contribution in [1.82, 2.24) is 15.5 Å². The Morgan fingerprint density at radius 3 is 2.86 bits per heavy atom. The number of hydrogen-bond donors (Lipinski definition) is 2. The minimum absolute atomic E-state index is 0.0494. The third-order valence-corrected chi connectivity index (χ3v) is 2.19. The van der Waals surface area contributed by atoms with Crippen LogP contribution in [0.2, 0.25) is 0 Å². The van der Waals surface area contributed by atoms with E-state index in [1.807, 2.05) is 20.9 Å². The highest BCUT2D eigenvalue weighted by Crippen LogP contribution is 2.19. The van der Waals surface area contributed by atoms with E-state index < -0.39 is 4.92 Å². The Morgan fingerprint density at radius 2 is 2.36 bits per heavy atom. The van der Waals surface area contributed by atoms with Crippen molar-refractivity contribution >= 4 is 5.69 Å². The van der Waals surface area contributed by atoms with Crippen molar-refractivity contribution in [3.8, 4) is 0 Å². The van der Waals surface area contributed by atoms with Gasteiger partial charge in [-0.2, -0.15) is 5.10 Å². The molecule has 1 rings (SSSR count). The van der Waals surface area contributed by atoms with E-state index in [0.717, 1.165) is 0 Å². The van der Waals surface area contributed by atoms with Crippen LogP contribution in [0.5, 0.6) is 0 Å². The van der Waals surface area contributed by atoms with E-state index in [0.29, 0.717) is 12.1 Å². The minimum Gasteiger partial charge on any atom is -0.314 e. The first kappa shape index (κ1) is 10.6. The van der Waals surface area contributed by atoms with Gasteiger partial charge in [-0.15, -0.1) is 0 Å². The first-order valence-corrected chi connectivity index (χ1v) is 4.32. The third-order valence-electron chi connectivity index (χ3n) is 2.19. The average molecular weight is 198 g/mol. The Kier molecular flexibility index (Phi) is 2.85. The normalized spacial score (nSPS) is 11.6. The van der Waals surface area contributed by atoms with Gasteiger partial charge in [-0.1, -0.05) is 0 Å². The van der Waals surface area contributed by atoms with Gasteiger partial charge in [0.05, 0.1) is 4.92 Å². The fraction of sp³-hybridized carbons (Fsp3) is 0.625. The number of H-pyrrole nitrogens is 1. The van der Waals surface area contributed by atoms with Gasteiger partial charge in [0, 0.05) is 12.0 Å². The molecule has 0 aliphatic heterocycles. The summed E-state index contributed by atoms with van der Waals surface area (Å²) < 4.78 is 0. The Hall–Kier alpha value is -1.43. The number of rotatable bonds is 4. The summed E-state index contributed by atoms with van der Waals surface area (Å²) >= 11 is 0. The van der Waals surface area contributed by atoms with Crippen molar-refractivity contribution in [2.45, 2.75) is 25.8 Å². The lowest BCUT2D eigenvalue weighted by Crippen LogP contribution is -2.38. The van der Waals surface area contributed by atoms with Gasteiger partial charge >= 0.3 is 5.69 Å². The molecule has 0 unspecified atom stereocenters. The summed E-state index contributed by atoms with van der Waals surface area (Å²) in [6, 6.07) is 0. The molecule has 6 heteroatoms. The van der Waals surface area contributed by atoms with Crippen molar-refractivity contribution in [3.05, 3.63) is 22.0 Å².